The number of anilines is 1. The van der Waals surface area contributed by atoms with E-state index in [2.05, 4.69) is 9.97 Å². The zero-order chi connectivity index (χ0) is 19.5. The van der Waals surface area contributed by atoms with Crippen LogP contribution in [0, 0.1) is 0 Å². The van der Waals surface area contributed by atoms with Crippen molar-refractivity contribution in [3.05, 3.63) is 52.4 Å². The van der Waals surface area contributed by atoms with Gasteiger partial charge in [0.2, 0.25) is 5.91 Å². The van der Waals surface area contributed by atoms with Gasteiger partial charge in [-0.1, -0.05) is 31.5 Å². The lowest BCUT2D eigenvalue weighted by atomic mass is 9.95. The van der Waals surface area contributed by atoms with Gasteiger partial charge in [0, 0.05) is 41.5 Å². The van der Waals surface area contributed by atoms with Crippen LogP contribution in [0.5, 0.6) is 0 Å². The SMILES string of the molecule is CC.CC(C)(C)N1C(=O)C(Cc2ncc(Cl)cc2CCl)c2cccnc21. The molecule has 0 aliphatic carbocycles. The van der Waals surface area contributed by atoms with Crippen molar-refractivity contribution in [3.63, 3.8) is 0 Å². The zero-order valence-corrected chi connectivity index (χ0v) is 17.4. The van der Waals surface area contributed by atoms with Crippen LogP contribution in [0.15, 0.2) is 30.6 Å². The molecular formula is C20H25Cl2N3O. The molecule has 4 nitrogen and oxygen atoms in total. The first-order valence-electron chi connectivity index (χ1n) is 8.81. The van der Waals surface area contributed by atoms with E-state index in [0.717, 1.165) is 22.6 Å². The smallest absolute Gasteiger partial charge is 0.236 e. The molecule has 1 atom stereocenters. The van der Waals surface area contributed by atoms with E-state index >= 15 is 0 Å². The van der Waals surface area contributed by atoms with Gasteiger partial charge in [-0.05, 0) is 38.5 Å². The molecule has 0 fully saturated rings. The van der Waals surface area contributed by atoms with E-state index in [1.54, 1.807) is 17.3 Å². The number of aromatic nitrogens is 2. The van der Waals surface area contributed by atoms with Crippen molar-refractivity contribution in [1.29, 1.82) is 0 Å². The lowest BCUT2D eigenvalue weighted by Gasteiger charge is -2.31. The fourth-order valence-corrected chi connectivity index (χ4v) is 3.52. The topological polar surface area (TPSA) is 46.1 Å². The third kappa shape index (κ3) is 4.02. The van der Waals surface area contributed by atoms with E-state index in [1.165, 1.54) is 0 Å². The van der Waals surface area contributed by atoms with Gasteiger partial charge in [0.15, 0.2) is 0 Å². The number of fused-ring (bicyclic) bond motifs is 1. The summed E-state index contributed by atoms with van der Waals surface area (Å²) in [6, 6.07) is 5.64. The molecule has 0 saturated heterocycles. The van der Waals surface area contributed by atoms with Crippen LogP contribution >= 0.6 is 23.2 Å². The minimum atomic E-state index is -0.336. The Morgan fingerprint density at radius 3 is 2.54 bits per heavy atom. The number of nitrogens with zero attached hydrogens (tertiary/aromatic N) is 3. The largest absolute Gasteiger partial charge is 0.291 e. The van der Waals surface area contributed by atoms with Crippen LogP contribution in [-0.2, 0) is 17.1 Å². The Kier molecular flexibility index (Phi) is 6.64. The van der Waals surface area contributed by atoms with Crippen molar-refractivity contribution in [1.82, 2.24) is 9.97 Å². The molecule has 0 spiro atoms. The second kappa shape index (κ2) is 8.36. The third-order valence-electron chi connectivity index (χ3n) is 4.16. The van der Waals surface area contributed by atoms with Crippen LogP contribution in [0.3, 0.4) is 0 Å². The Hall–Kier alpha value is -1.65. The van der Waals surface area contributed by atoms with E-state index in [4.69, 9.17) is 23.2 Å². The maximum atomic E-state index is 13.1. The number of rotatable bonds is 3. The minimum Gasteiger partial charge on any atom is -0.291 e. The van der Waals surface area contributed by atoms with Crippen LogP contribution in [0.1, 0.15) is 57.4 Å². The molecule has 0 saturated carbocycles. The molecule has 1 aliphatic heterocycles. The Bertz CT molecular complexity index is 787. The average Bonchev–Trinajstić information content (AvgIpc) is 2.90. The molecule has 0 bridgehead atoms. The normalized spacial score (nSPS) is 16.2. The number of hydrogen-bond acceptors (Lipinski definition) is 3. The molecule has 2 aromatic rings. The minimum absolute atomic E-state index is 0.0495. The predicted octanol–water partition coefficient (Wildman–Crippen LogP) is 5.37. The Morgan fingerprint density at radius 2 is 1.92 bits per heavy atom. The summed E-state index contributed by atoms with van der Waals surface area (Å²) in [7, 11) is 0. The number of halogens is 2. The molecule has 1 aliphatic rings. The first kappa shape index (κ1) is 20.7. The molecule has 0 aromatic carbocycles. The van der Waals surface area contributed by atoms with Gasteiger partial charge in [0.1, 0.15) is 5.82 Å². The number of alkyl halides is 1. The van der Waals surface area contributed by atoms with Gasteiger partial charge in [0.25, 0.3) is 0 Å². The summed E-state index contributed by atoms with van der Waals surface area (Å²) in [6.07, 6.45) is 3.80. The molecule has 1 amide bonds. The maximum Gasteiger partial charge on any atom is 0.236 e. The van der Waals surface area contributed by atoms with Crippen LogP contribution in [0.25, 0.3) is 0 Å². The highest BCUT2D eigenvalue weighted by Crippen LogP contribution is 2.41. The Morgan fingerprint density at radius 1 is 1.23 bits per heavy atom. The molecule has 3 rings (SSSR count). The molecule has 26 heavy (non-hydrogen) atoms. The fourth-order valence-electron chi connectivity index (χ4n) is 3.11. The molecule has 0 N–H and O–H groups in total. The van der Waals surface area contributed by atoms with E-state index in [-0.39, 0.29) is 17.4 Å². The summed E-state index contributed by atoms with van der Waals surface area (Å²) in [5.74, 6) is 0.797. The van der Waals surface area contributed by atoms with Crippen LogP contribution in [0.4, 0.5) is 5.82 Å². The van der Waals surface area contributed by atoms with Gasteiger partial charge in [-0.2, -0.15) is 0 Å². The monoisotopic (exact) mass is 393 g/mol. The Balaban J connectivity index is 0.00000117. The lowest BCUT2D eigenvalue weighted by Crippen LogP contribution is -2.45. The number of amides is 1. The number of carbonyl (C=O) groups is 1. The first-order valence-corrected chi connectivity index (χ1v) is 9.72. The van der Waals surface area contributed by atoms with Crippen molar-refractivity contribution in [2.45, 2.75) is 58.4 Å². The second-order valence-electron chi connectivity index (χ2n) is 6.91. The van der Waals surface area contributed by atoms with Crippen molar-refractivity contribution in [3.8, 4) is 0 Å². The standard InChI is InChI=1S/C18H19Cl2N3O.C2H6/c1-18(2,3)23-16-13(5-4-6-21-16)14(17(23)24)8-15-11(9-19)7-12(20)10-22-15;1-2/h4-7,10,14H,8-9H2,1-3H3;1-2H3. The summed E-state index contributed by atoms with van der Waals surface area (Å²) in [5, 5.41) is 0.547. The second-order valence-corrected chi connectivity index (χ2v) is 7.61. The quantitative estimate of drug-likeness (QED) is 0.658. The predicted molar refractivity (Wildman–Crippen MR) is 108 cm³/mol. The molecule has 3 heterocycles. The molecule has 6 heteroatoms. The van der Waals surface area contributed by atoms with E-state index in [9.17, 15) is 4.79 Å². The third-order valence-corrected chi connectivity index (χ3v) is 4.66. The van der Waals surface area contributed by atoms with Gasteiger partial charge in [-0.15, -0.1) is 11.6 Å². The van der Waals surface area contributed by atoms with E-state index in [0.29, 0.717) is 17.3 Å². The Labute approximate surface area is 165 Å². The van der Waals surface area contributed by atoms with Crippen molar-refractivity contribution in [2.75, 3.05) is 4.90 Å². The van der Waals surface area contributed by atoms with Crippen molar-refractivity contribution < 1.29 is 4.79 Å². The van der Waals surface area contributed by atoms with Crippen molar-refractivity contribution >= 4 is 34.9 Å². The van der Waals surface area contributed by atoms with Crippen LogP contribution in [0.2, 0.25) is 5.02 Å². The summed E-state index contributed by atoms with van der Waals surface area (Å²) < 4.78 is 0. The van der Waals surface area contributed by atoms with Gasteiger partial charge < -0.3 is 0 Å². The molecule has 1 unspecified atom stereocenters. The van der Waals surface area contributed by atoms with Gasteiger partial charge >= 0.3 is 0 Å². The highest BCUT2D eigenvalue weighted by Gasteiger charge is 2.43. The molecular weight excluding hydrogens is 369 g/mol. The van der Waals surface area contributed by atoms with Crippen LogP contribution < -0.4 is 4.90 Å². The van der Waals surface area contributed by atoms with Gasteiger partial charge in [0.05, 0.1) is 10.9 Å². The first-order chi connectivity index (χ1) is 12.3. The van der Waals surface area contributed by atoms with Gasteiger partial charge in [-0.3, -0.25) is 14.7 Å². The lowest BCUT2D eigenvalue weighted by molar-refractivity contribution is -0.120. The number of pyridine rings is 2. The average molecular weight is 394 g/mol. The van der Waals surface area contributed by atoms with Gasteiger partial charge in [-0.25, -0.2) is 4.98 Å². The number of carbonyl (C=O) groups excluding carboxylic acids is 1. The highest BCUT2D eigenvalue weighted by atomic mass is 35.5. The number of hydrogen-bond donors (Lipinski definition) is 0. The summed E-state index contributed by atoms with van der Waals surface area (Å²) in [5.41, 5.74) is 2.27. The summed E-state index contributed by atoms with van der Waals surface area (Å²) >= 11 is 12.0. The van der Waals surface area contributed by atoms with Crippen molar-refractivity contribution in [2.24, 2.45) is 0 Å². The fraction of sp³-hybridized carbons (Fsp3) is 0.450. The maximum absolute atomic E-state index is 13.1. The molecule has 0 radical (unpaired) electrons. The summed E-state index contributed by atoms with van der Waals surface area (Å²) in [4.78, 5) is 23.7. The van der Waals surface area contributed by atoms with E-state index < -0.39 is 0 Å². The highest BCUT2D eigenvalue weighted by molar-refractivity contribution is 6.30. The molecule has 140 valence electrons. The summed E-state index contributed by atoms with van der Waals surface area (Å²) in [6.45, 7) is 10.0. The zero-order valence-electron chi connectivity index (χ0n) is 15.9. The van der Waals surface area contributed by atoms with Crippen LogP contribution in [-0.4, -0.2) is 21.4 Å². The molecule has 2 aromatic heterocycles. The van der Waals surface area contributed by atoms with E-state index in [1.807, 2.05) is 52.8 Å².